The van der Waals surface area contributed by atoms with E-state index < -0.39 is 0 Å². The summed E-state index contributed by atoms with van der Waals surface area (Å²) in [6.07, 6.45) is 2.70. The maximum Gasteiger partial charge on any atom is 0.231 e. The molecule has 0 aliphatic carbocycles. The summed E-state index contributed by atoms with van der Waals surface area (Å²) in [6, 6.07) is 16.4. The fraction of sp³-hybridized carbons (Fsp3) is 0.360. The predicted octanol–water partition coefficient (Wildman–Crippen LogP) is 1.70. The second-order valence-corrected chi connectivity index (χ2v) is 8.69. The summed E-state index contributed by atoms with van der Waals surface area (Å²) in [7, 11) is 0. The molecule has 0 spiro atoms. The minimum absolute atomic E-state index is 0.279. The second-order valence-electron chi connectivity index (χ2n) is 8.69. The number of carbonyl (C=O) groups is 1. The first-order chi connectivity index (χ1) is 16.2. The summed E-state index contributed by atoms with van der Waals surface area (Å²) >= 11 is 0. The number of nitrogens with two attached hydrogens (primary N) is 1. The molecule has 2 aliphatic rings. The summed E-state index contributed by atoms with van der Waals surface area (Å²) in [5, 5.41) is 0. The van der Waals surface area contributed by atoms with Crippen molar-refractivity contribution in [3.05, 3.63) is 71.5 Å². The average Bonchev–Trinajstić information content (AvgIpc) is 2.84. The van der Waals surface area contributed by atoms with E-state index in [0.717, 1.165) is 69.4 Å². The third-order valence-electron chi connectivity index (χ3n) is 6.32. The second kappa shape index (κ2) is 9.64. The molecule has 0 saturated carbocycles. The number of anilines is 1. The Morgan fingerprint density at radius 2 is 1.70 bits per heavy atom. The molecule has 0 unspecified atom stereocenters. The third-order valence-corrected chi connectivity index (χ3v) is 6.32. The molecule has 8 heteroatoms. The van der Waals surface area contributed by atoms with E-state index in [2.05, 4.69) is 50.0 Å². The van der Waals surface area contributed by atoms with E-state index in [9.17, 15) is 4.79 Å². The third kappa shape index (κ3) is 5.02. The number of carbonyl (C=O) groups excluding carboxylic acids is 1. The first kappa shape index (κ1) is 21.5. The van der Waals surface area contributed by atoms with Crippen LogP contribution in [-0.2, 0) is 24.3 Å². The predicted molar refractivity (Wildman–Crippen MR) is 127 cm³/mol. The lowest BCUT2D eigenvalue weighted by atomic mass is 10.0. The van der Waals surface area contributed by atoms with E-state index in [1.54, 1.807) is 6.20 Å². The molecular formula is C25H29N7O. The fourth-order valence-corrected chi connectivity index (χ4v) is 4.65. The Balaban J connectivity index is 1.43. The topological polar surface area (TPSA) is 91.5 Å². The molecule has 8 nitrogen and oxygen atoms in total. The van der Waals surface area contributed by atoms with E-state index >= 15 is 0 Å². The molecule has 0 radical (unpaired) electrons. The van der Waals surface area contributed by atoms with Crippen LogP contribution in [0, 0.1) is 0 Å². The SMILES string of the molecule is NC(=O)CN1CCN(c2nc(-c3ccccn3)nc3c2CCN(Cc2ccccc2)C3)CC1. The molecule has 2 aromatic heterocycles. The Kier molecular flexibility index (Phi) is 6.28. The van der Waals surface area contributed by atoms with Gasteiger partial charge in [0, 0.05) is 57.6 Å². The molecule has 3 aromatic rings. The lowest BCUT2D eigenvalue weighted by molar-refractivity contribution is -0.119. The van der Waals surface area contributed by atoms with Gasteiger partial charge >= 0.3 is 0 Å². The number of hydrogen-bond donors (Lipinski definition) is 1. The van der Waals surface area contributed by atoms with Crippen molar-refractivity contribution >= 4 is 11.7 Å². The number of hydrogen-bond acceptors (Lipinski definition) is 7. The highest BCUT2D eigenvalue weighted by Crippen LogP contribution is 2.30. The van der Waals surface area contributed by atoms with E-state index in [-0.39, 0.29) is 5.91 Å². The Bertz CT molecular complexity index is 1100. The van der Waals surface area contributed by atoms with E-state index in [4.69, 9.17) is 15.7 Å². The highest BCUT2D eigenvalue weighted by Gasteiger charge is 2.28. The summed E-state index contributed by atoms with van der Waals surface area (Å²) in [5.41, 5.74) is 9.81. The lowest BCUT2D eigenvalue weighted by Gasteiger charge is -2.37. The molecule has 33 heavy (non-hydrogen) atoms. The van der Waals surface area contributed by atoms with Gasteiger partial charge in [0.05, 0.1) is 12.2 Å². The van der Waals surface area contributed by atoms with Gasteiger partial charge in [0.2, 0.25) is 5.91 Å². The molecule has 0 atom stereocenters. The van der Waals surface area contributed by atoms with Gasteiger partial charge in [0.25, 0.3) is 0 Å². The smallest absolute Gasteiger partial charge is 0.231 e. The van der Waals surface area contributed by atoms with Crippen molar-refractivity contribution in [1.82, 2.24) is 24.8 Å². The Labute approximate surface area is 194 Å². The van der Waals surface area contributed by atoms with Crippen molar-refractivity contribution in [2.24, 2.45) is 5.73 Å². The van der Waals surface area contributed by atoms with Crippen LogP contribution in [0.4, 0.5) is 5.82 Å². The number of fused-ring (bicyclic) bond motifs is 1. The van der Waals surface area contributed by atoms with Crippen LogP contribution in [0.2, 0.25) is 0 Å². The number of piperazine rings is 1. The summed E-state index contributed by atoms with van der Waals surface area (Å²) < 4.78 is 0. The molecule has 2 N–H and O–H groups in total. The van der Waals surface area contributed by atoms with Gasteiger partial charge < -0.3 is 10.6 Å². The number of pyridine rings is 1. The first-order valence-corrected chi connectivity index (χ1v) is 11.5. The molecule has 5 rings (SSSR count). The lowest BCUT2D eigenvalue weighted by Crippen LogP contribution is -2.49. The summed E-state index contributed by atoms with van der Waals surface area (Å²) in [4.78, 5) is 32.7. The molecule has 1 aromatic carbocycles. The number of aromatic nitrogens is 3. The highest BCUT2D eigenvalue weighted by atomic mass is 16.1. The molecule has 170 valence electrons. The largest absolute Gasteiger partial charge is 0.369 e. The van der Waals surface area contributed by atoms with Gasteiger partial charge in [-0.3, -0.25) is 19.6 Å². The first-order valence-electron chi connectivity index (χ1n) is 11.5. The van der Waals surface area contributed by atoms with Crippen molar-refractivity contribution in [2.45, 2.75) is 19.5 Å². The zero-order chi connectivity index (χ0) is 22.6. The number of amides is 1. The van der Waals surface area contributed by atoms with Crippen LogP contribution in [-0.4, -0.2) is 69.9 Å². The van der Waals surface area contributed by atoms with Gasteiger partial charge in [-0.25, -0.2) is 9.97 Å². The van der Waals surface area contributed by atoms with Crippen molar-refractivity contribution in [1.29, 1.82) is 0 Å². The number of primary amides is 1. The van der Waals surface area contributed by atoms with E-state index in [1.165, 1.54) is 11.1 Å². The van der Waals surface area contributed by atoms with Crippen LogP contribution in [0.3, 0.4) is 0 Å². The normalized spacial score (nSPS) is 17.0. The van der Waals surface area contributed by atoms with Crippen LogP contribution >= 0.6 is 0 Å². The van der Waals surface area contributed by atoms with Gasteiger partial charge in [-0.2, -0.15) is 0 Å². The zero-order valence-corrected chi connectivity index (χ0v) is 18.7. The van der Waals surface area contributed by atoms with Crippen LogP contribution in [0.25, 0.3) is 11.5 Å². The van der Waals surface area contributed by atoms with Crippen molar-refractivity contribution in [2.75, 3.05) is 44.2 Å². The number of rotatable bonds is 6. The van der Waals surface area contributed by atoms with Crippen molar-refractivity contribution < 1.29 is 4.79 Å². The van der Waals surface area contributed by atoms with Crippen LogP contribution in [0.5, 0.6) is 0 Å². The molecule has 1 fully saturated rings. The number of benzene rings is 1. The molecular weight excluding hydrogens is 414 g/mol. The molecule has 4 heterocycles. The minimum atomic E-state index is -0.279. The zero-order valence-electron chi connectivity index (χ0n) is 18.7. The minimum Gasteiger partial charge on any atom is -0.369 e. The maximum absolute atomic E-state index is 11.3. The fourth-order valence-electron chi connectivity index (χ4n) is 4.65. The van der Waals surface area contributed by atoms with Crippen LogP contribution in [0.1, 0.15) is 16.8 Å². The van der Waals surface area contributed by atoms with Gasteiger partial charge in [0.15, 0.2) is 5.82 Å². The van der Waals surface area contributed by atoms with Gasteiger partial charge in [-0.1, -0.05) is 36.4 Å². The van der Waals surface area contributed by atoms with Crippen molar-refractivity contribution in [3.63, 3.8) is 0 Å². The van der Waals surface area contributed by atoms with Gasteiger partial charge in [-0.05, 0) is 24.1 Å². The molecule has 1 saturated heterocycles. The quantitative estimate of drug-likeness (QED) is 0.620. The Hall–Kier alpha value is -3.36. The summed E-state index contributed by atoms with van der Waals surface area (Å²) in [6.45, 7) is 6.19. The maximum atomic E-state index is 11.3. The molecule has 0 bridgehead atoms. The van der Waals surface area contributed by atoms with E-state index in [0.29, 0.717) is 12.4 Å². The van der Waals surface area contributed by atoms with Gasteiger partial charge in [-0.15, -0.1) is 0 Å². The Morgan fingerprint density at radius 1 is 0.909 bits per heavy atom. The van der Waals surface area contributed by atoms with Crippen molar-refractivity contribution in [3.8, 4) is 11.5 Å². The standard InChI is InChI=1S/C25H29N7O/c26-23(33)18-30-12-14-32(15-13-30)25-20-9-11-31(16-19-6-2-1-3-7-19)17-22(20)28-24(29-25)21-8-4-5-10-27-21/h1-8,10H,9,11-18H2,(H2,26,33). The number of nitrogens with zero attached hydrogens (tertiary/aromatic N) is 6. The monoisotopic (exact) mass is 443 g/mol. The summed E-state index contributed by atoms with van der Waals surface area (Å²) in [5.74, 6) is 1.41. The highest BCUT2D eigenvalue weighted by molar-refractivity contribution is 5.76. The van der Waals surface area contributed by atoms with Crippen LogP contribution < -0.4 is 10.6 Å². The van der Waals surface area contributed by atoms with E-state index in [1.807, 2.05) is 18.2 Å². The molecule has 2 aliphatic heterocycles. The van der Waals surface area contributed by atoms with Crippen LogP contribution in [0.15, 0.2) is 54.7 Å². The average molecular weight is 444 g/mol. The Morgan fingerprint density at radius 3 is 2.42 bits per heavy atom. The molecule has 1 amide bonds. The van der Waals surface area contributed by atoms with Gasteiger partial charge in [0.1, 0.15) is 11.5 Å².